The molecule has 7 nitrogen and oxygen atoms in total. The molecule has 0 unspecified atom stereocenters. The Morgan fingerprint density at radius 1 is 1.17 bits per heavy atom. The lowest BCUT2D eigenvalue weighted by Gasteiger charge is -2.08. The van der Waals surface area contributed by atoms with E-state index in [1.165, 1.54) is 34.5 Å². The maximum absolute atomic E-state index is 13.1. The van der Waals surface area contributed by atoms with Crippen LogP contribution in [-0.4, -0.2) is 29.3 Å². The summed E-state index contributed by atoms with van der Waals surface area (Å²) in [5.74, 6) is 0. The van der Waals surface area contributed by atoms with Gasteiger partial charge in [-0.1, -0.05) is 6.07 Å². The van der Waals surface area contributed by atoms with Crippen LogP contribution in [-0.2, 0) is 16.5 Å². The van der Waals surface area contributed by atoms with Crippen molar-refractivity contribution in [2.45, 2.75) is 31.6 Å². The van der Waals surface area contributed by atoms with Crippen molar-refractivity contribution in [2.75, 3.05) is 6.54 Å². The van der Waals surface area contributed by atoms with E-state index < -0.39 is 10.1 Å². The number of hydrogen-bond donors (Lipinski definition) is 2. The highest BCUT2D eigenvalue weighted by atomic mass is 32.2. The van der Waals surface area contributed by atoms with Gasteiger partial charge in [-0.05, 0) is 79.4 Å². The third-order valence-electron chi connectivity index (χ3n) is 5.24. The Morgan fingerprint density at radius 2 is 1.90 bits per heavy atom. The Balaban J connectivity index is 1.83. The Hall–Kier alpha value is -2.97. The Bertz CT molecular complexity index is 1380. The van der Waals surface area contributed by atoms with Gasteiger partial charge in [0.2, 0.25) is 0 Å². The van der Waals surface area contributed by atoms with Gasteiger partial charge in [0, 0.05) is 12.2 Å². The lowest BCUT2D eigenvalue weighted by atomic mass is 10.0. The summed E-state index contributed by atoms with van der Waals surface area (Å²) in [5.41, 5.74) is 3.62. The molecule has 0 fully saturated rings. The van der Waals surface area contributed by atoms with Crippen molar-refractivity contribution in [2.24, 2.45) is 4.99 Å². The number of aromatic amines is 1. The minimum atomic E-state index is -4.28. The third kappa shape index (κ3) is 3.56. The van der Waals surface area contributed by atoms with Gasteiger partial charge in [-0.15, -0.1) is 0 Å². The van der Waals surface area contributed by atoms with Gasteiger partial charge in [0.15, 0.2) is 0 Å². The maximum atomic E-state index is 13.1. The first-order valence-electron chi connectivity index (χ1n) is 9.30. The van der Waals surface area contributed by atoms with Crippen molar-refractivity contribution < 1.29 is 13.0 Å². The zero-order valence-electron chi connectivity index (χ0n) is 16.1. The molecule has 0 aliphatic carbocycles. The number of nitrogens with zero attached hydrogens (tertiary/aromatic N) is 2. The van der Waals surface area contributed by atoms with Crippen LogP contribution < -0.4 is 16.1 Å². The molecular formula is C21H21N3O4S. The lowest BCUT2D eigenvalue weighted by molar-refractivity contribution is 0.483. The van der Waals surface area contributed by atoms with Crippen LogP contribution in [0, 0.1) is 6.92 Å². The molecule has 0 radical (unpaired) electrons. The maximum Gasteiger partial charge on any atom is 0.294 e. The summed E-state index contributed by atoms with van der Waals surface area (Å²) in [6.45, 7) is 4.61. The standard InChI is InChI=1S/C21H21N3O4S/c1-13(15-5-10-19-16(12-15)4-3-11-22-19)20-14(2)23-24(21(20)25)17-6-8-18(9-7-17)29(26,27)28/h5-10,12,23H,3-4,11H2,1-2H3,(H,26,27,28). The normalized spacial score (nSPS) is 14.9. The highest BCUT2D eigenvalue weighted by molar-refractivity contribution is 7.85. The van der Waals surface area contributed by atoms with E-state index in [0.717, 1.165) is 35.5 Å². The van der Waals surface area contributed by atoms with Crippen LogP contribution >= 0.6 is 0 Å². The van der Waals surface area contributed by atoms with Crippen LogP contribution in [0.15, 0.2) is 57.1 Å². The number of hydrogen-bond acceptors (Lipinski definition) is 4. The molecule has 2 heterocycles. The second-order valence-corrected chi connectivity index (χ2v) is 8.60. The van der Waals surface area contributed by atoms with Gasteiger partial charge in [-0.2, -0.15) is 8.42 Å². The fraction of sp³-hybridized carbons (Fsp3) is 0.238. The molecule has 0 atom stereocenters. The third-order valence-corrected chi connectivity index (χ3v) is 6.11. The first kappa shape index (κ1) is 19.4. The van der Waals surface area contributed by atoms with E-state index in [0.29, 0.717) is 16.9 Å². The van der Waals surface area contributed by atoms with Gasteiger partial charge in [-0.3, -0.25) is 19.4 Å². The summed E-state index contributed by atoms with van der Waals surface area (Å²) in [7, 11) is -4.28. The summed E-state index contributed by atoms with van der Waals surface area (Å²) in [5, 5.41) is 5.06. The molecule has 8 heteroatoms. The topological polar surface area (TPSA) is 105 Å². The average Bonchev–Trinajstić information content (AvgIpc) is 3.00. The van der Waals surface area contributed by atoms with Crippen LogP contribution in [0.4, 0.5) is 0 Å². The van der Waals surface area contributed by atoms with Crippen LogP contribution in [0.1, 0.15) is 30.2 Å². The van der Waals surface area contributed by atoms with E-state index >= 15 is 0 Å². The van der Waals surface area contributed by atoms with Crippen molar-refractivity contribution in [3.63, 3.8) is 0 Å². The van der Waals surface area contributed by atoms with Gasteiger partial charge in [0.05, 0.1) is 21.5 Å². The van der Waals surface area contributed by atoms with E-state index in [4.69, 9.17) is 4.55 Å². The van der Waals surface area contributed by atoms with Crippen molar-refractivity contribution in [3.05, 3.63) is 80.2 Å². The highest BCUT2D eigenvalue weighted by Crippen LogP contribution is 2.15. The first-order chi connectivity index (χ1) is 13.8. The summed E-state index contributed by atoms with van der Waals surface area (Å²) >= 11 is 0. The van der Waals surface area contributed by atoms with Crippen LogP contribution in [0.2, 0.25) is 0 Å². The second kappa shape index (κ2) is 7.13. The smallest absolute Gasteiger partial charge is 0.294 e. The fourth-order valence-corrected chi connectivity index (χ4v) is 4.20. The molecule has 1 aromatic heterocycles. The number of aromatic nitrogens is 2. The van der Waals surface area contributed by atoms with Gasteiger partial charge in [0.25, 0.3) is 15.7 Å². The zero-order valence-corrected chi connectivity index (χ0v) is 17.0. The van der Waals surface area contributed by atoms with Crippen LogP contribution in [0.25, 0.3) is 11.3 Å². The van der Waals surface area contributed by atoms with E-state index in [1.807, 2.05) is 26.0 Å². The monoisotopic (exact) mass is 411 g/mol. The molecule has 0 bridgehead atoms. The summed E-state index contributed by atoms with van der Waals surface area (Å²) in [4.78, 5) is 17.4. The molecule has 0 saturated heterocycles. The van der Waals surface area contributed by atoms with E-state index in [2.05, 4.69) is 16.2 Å². The average molecular weight is 411 g/mol. The predicted octanol–water partition coefficient (Wildman–Crippen LogP) is 1.51. The number of benzene rings is 2. The predicted molar refractivity (Wildman–Crippen MR) is 110 cm³/mol. The number of rotatable bonds is 3. The van der Waals surface area contributed by atoms with Gasteiger partial charge in [0.1, 0.15) is 0 Å². The van der Waals surface area contributed by atoms with Gasteiger partial charge < -0.3 is 0 Å². The van der Waals surface area contributed by atoms with Crippen molar-refractivity contribution in [1.82, 2.24) is 9.78 Å². The Labute approximate surface area is 167 Å². The summed E-state index contributed by atoms with van der Waals surface area (Å²) in [6, 6.07) is 11.6. The zero-order chi connectivity index (χ0) is 20.8. The number of H-pyrrole nitrogens is 1. The number of fused-ring (bicyclic) bond motifs is 1. The minimum Gasteiger partial charge on any atom is -0.295 e. The fourth-order valence-electron chi connectivity index (χ4n) is 3.72. The molecule has 0 amide bonds. The van der Waals surface area contributed by atoms with E-state index in [9.17, 15) is 13.2 Å². The van der Waals surface area contributed by atoms with Crippen LogP contribution in [0.5, 0.6) is 0 Å². The molecule has 2 aromatic carbocycles. The lowest BCUT2D eigenvalue weighted by Crippen LogP contribution is -2.22. The quantitative estimate of drug-likeness (QED) is 0.638. The van der Waals surface area contributed by atoms with Crippen molar-refractivity contribution >= 4 is 15.7 Å². The first-order valence-corrected chi connectivity index (χ1v) is 10.7. The van der Waals surface area contributed by atoms with Crippen molar-refractivity contribution in [1.29, 1.82) is 0 Å². The van der Waals surface area contributed by atoms with Crippen molar-refractivity contribution in [3.8, 4) is 5.69 Å². The van der Waals surface area contributed by atoms with E-state index in [-0.39, 0.29) is 10.5 Å². The highest BCUT2D eigenvalue weighted by Gasteiger charge is 2.16. The second-order valence-electron chi connectivity index (χ2n) is 7.18. The number of nitrogens with one attached hydrogen (secondary N) is 1. The molecule has 0 saturated carbocycles. The largest absolute Gasteiger partial charge is 0.295 e. The minimum absolute atomic E-state index is 0.220. The molecule has 2 N–H and O–H groups in total. The van der Waals surface area contributed by atoms with Gasteiger partial charge in [-0.25, -0.2) is 4.68 Å². The molecule has 150 valence electrons. The Morgan fingerprint density at radius 3 is 2.59 bits per heavy atom. The SMILES string of the molecule is CC(c1c(C)[nH]n(-c2ccc(S(=O)(=O)O)cc2)c1=O)=c1ccc2c(c1)CCCN=2. The molecule has 1 aliphatic heterocycles. The Kier molecular flexibility index (Phi) is 4.76. The molecule has 0 spiro atoms. The van der Waals surface area contributed by atoms with Gasteiger partial charge >= 0.3 is 0 Å². The summed E-state index contributed by atoms with van der Waals surface area (Å²) in [6.07, 6.45) is 2.02. The van der Waals surface area contributed by atoms with Crippen LogP contribution in [0.3, 0.4) is 0 Å². The molecule has 3 aromatic rings. The molecular weight excluding hydrogens is 390 g/mol. The van der Waals surface area contributed by atoms with E-state index in [1.54, 1.807) is 0 Å². The molecule has 29 heavy (non-hydrogen) atoms. The molecule has 4 rings (SSSR count). The number of aryl methyl sites for hydroxylation is 2. The summed E-state index contributed by atoms with van der Waals surface area (Å²) < 4.78 is 32.9. The molecule has 1 aliphatic rings.